The number of ether oxygens (including phenoxy) is 1. The van der Waals surface area contributed by atoms with Gasteiger partial charge >= 0.3 is 0 Å². The van der Waals surface area contributed by atoms with Gasteiger partial charge in [-0.15, -0.1) is 0 Å². The lowest BCUT2D eigenvalue weighted by Gasteiger charge is -2.48. The number of rotatable bonds is 3. The topological polar surface area (TPSA) is 62.0 Å². The Kier molecular flexibility index (Phi) is 6.02. The summed E-state index contributed by atoms with van der Waals surface area (Å²) in [7, 11) is 0. The van der Waals surface area contributed by atoms with E-state index in [4.69, 9.17) is 9.72 Å². The number of nitriles is 1. The lowest BCUT2D eigenvalue weighted by atomic mass is 9.61. The van der Waals surface area contributed by atoms with Gasteiger partial charge in [0.05, 0.1) is 22.5 Å². The molecule has 47 heavy (non-hydrogen) atoms. The highest BCUT2D eigenvalue weighted by Gasteiger charge is 2.50. The van der Waals surface area contributed by atoms with E-state index >= 15 is 0 Å². The Balaban J connectivity index is 1.22. The number of fused-ring (bicyclic) bond motifs is 8. The first kappa shape index (κ1) is 26.9. The van der Waals surface area contributed by atoms with Crippen molar-refractivity contribution in [3.05, 3.63) is 186 Å². The Hall–Kier alpha value is -6.51. The molecule has 0 amide bonds. The van der Waals surface area contributed by atoms with Crippen LogP contribution in [0.25, 0.3) is 22.6 Å². The molecule has 0 bridgehead atoms. The molecule has 0 N–H and O–H groups in total. The van der Waals surface area contributed by atoms with Gasteiger partial charge in [0, 0.05) is 34.0 Å². The van der Waals surface area contributed by atoms with E-state index in [1.54, 1.807) is 6.07 Å². The molecule has 2 aliphatic heterocycles. The Bertz CT molecular complexity index is 2260. The first-order chi connectivity index (χ1) is 23.3. The van der Waals surface area contributed by atoms with Crippen LogP contribution in [0.5, 0.6) is 11.5 Å². The van der Waals surface area contributed by atoms with Crippen molar-refractivity contribution in [1.82, 2.24) is 9.97 Å². The van der Waals surface area contributed by atoms with Crippen molar-refractivity contribution >= 4 is 17.1 Å². The molecule has 5 heteroatoms. The molecule has 0 radical (unpaired) electrons. The molecule has 2 aliphatic rings. The van der Waals surface area contributed by atoms with Gasteiger partial charge in [0.15, 0.2) is 5.82 Å². The monoisotopic (exact) mass is 602 g/mol. The number of aromatic nitrogens is 2. The minimum atomic E-state index is -0.575. The molecular weight excluding hydrogens is 576 g/mol. The fourth-order valence-corrected chi connectivity index (χ4v) is 7.25. The highest BCUT2D eigenvalue weighted by atomic mass is 16.5. The average Bonchev–Trinajstić information content (AvgIpc) is 3.15. The number of hydrogen-bond donors (Lipinski definition) is 0. The molecule has 0 atom stereocenters. The molecule has 6 aromatic carbocycles. The number of anilines is 3. The van der Waals surface area contributed by atoms with Crippen molar-refractivity contribution in [2.75, 3.05) is 4.90 Å². The predicted octanol–water partition coefficient (Wildman–Crippen LogP) is 9.95. The normalized spacial score (nSPS) is 13.4. The summed E-state index contributed by atoms with van der Waals surface area (Å²) < 4.78 is 6.51. The lowest BCUT2D eigenvalue weighted by molar-refractivity contribution is 0.434. The van der Waals surface area contributed by atoms with Crippen LogP contribution in [-0.2, 0) is 5.41 Å². The van der Waals surface area contributed by atoms with Gasteiger partial charge < -0.3 is 9.64 Å². The Morgan fingerprint density at radius 3 is 1.66 bits per heavy atom. The number of nitrogens with zero attached hydrogens (tertiary/aromatic N) is 4. The van der Waals surface area contributed by atoms with Gasteiger partial charge in [0.2, 0.25) is 0 Å². The van der Waals surface area contributed by atoms with Gasteiger partial charge in [-0.25, -0.2) is 9.97 Å². The van der Waals surface area contributed by atoms with Crippen LogP contribution in [0.2, 0.25) is 0 Å². The van der Waals surface area contributed by atoms with Crippen molar-refractivity contribution in [3.63, 3.8) is 0 Å². The van der Waals surface area contributed by atoms with Crippen molar-refractivity contribution in [2.45, 2.75) is 5.41 Å². The molecule has 1 spiro atoms. The molecule has 1 aromatic heterocycles. The maximum atomic E-state index is 9.75. The molecule has 0 unspecified atom stereocenters. The maximum absolute atomic E-state index is 9.75. The molecule has 220 valence electrons. The van der Waals surface area contributed by atoms with Gasteiger partial charge in [-0.05, 0) is 59.7 Å². The lowest BCUT2D eigenvalue weighted by Crippen LogP contribution is -2.39. The average molecular weight is 603 g/mol. The second kappa shape index (κ2) is 10.5. The molecule has 0 fully saturated rings. The Morgan fingerprint density at radius 2 is 1.06 bits per heavy atom. The van der Waals surface area contributed by atoms with Gasteiger partial charge in [0.1, 0.15) is 23.3 Å². The van der Waals surface area contributed by atoms with Gasteiger partial charge in [-0.1, -0.05) is 103 Å². The summed E-state index contributed by atoms with van der Waals surface area (Å²) in [4.78, 5) is 11.7. The largest absolute Gasteiger partial charge is 0.457 e. The quantitative estimate of drug-likeness (QED) is 0.201. The number of hydrogen-bond acceptors (Lipinski definition) is 5. The zero-order valence-electron chi connectivity index (χ0n) is 25.2. The van der Waals surface area contributed by atoms with E-state index < -0.39 is 5.41 Å². The van der Waals surface area contributed by atoms with Gasteiger partial charge in [-0.3, -0.25) is 0 Å². The molecule has 3 heterocycles. The van der Waals surface area contributed by atoms with Crippen molar-refractivity contribution in [2.24, 2.45) is 0 Å². The van der Waals surface area contributed by atoms with E-state index in [0.717, 1.165) is 56.5 Å². The van der Waals surface area contributed by atoms with Crippen LogP contribution in [-0.4, -0.2) is 9.97 Å². The third kappa shape index (κ3) is 4.02. The van der Waals surface area contributed by atoms with Crippen molar-refractivity contribution in [3.8, 4) is 40.2 Å². The van der Waals surface area contributed by atoms with Crippen molar-refractivity contribution < 1.29 is 4.74 Å². The second-order valence-corrected chi connectivity index (χ2v) is 11.7. The molecule has 5 nitrogen and oxygen atoms in total. The Morgan fingerprint density at radius 1 is 0.532 bits per heavy atom. The molecule has 0 aliphatic carbocycles. The highest BCUT2D eigenvalue weighted by molar-refractivity contribution is 5.91. The van der Waals surface area contributed by atoms with Crippen LogP contribution in [0, 0.1) is 11.3 Å². The van der Waals surface area contributed by atoms with E-state index in [1.165, 1.54) is 11.1 Å². The Labute approximate surface area is 272 Å². The van der Waals surface area contributed by atoms with E-state index in [0.29, 0.717) is 11.5 Å². The first-order valence-electron chi connectivity index (χ1n) is 15.6. The van der Waals surface area contributed by atoms with Crippen LogP contribution in [0.4, 0.5) is 17.1 Å². The maximum Gasteiger partial charge on any atom is 0.161 e. The number of para-hydroxylation sites is 4. The zero-order chi connectivity index (χ0) is 31.4. The van der Waals surface area contributed by atoms with Gasteiger partial charge in [0.25, 0.3) is 0 Å². The van der Waals surface area contributed by atoms with Crippen LogP contribution in [0.15, 0.2) is 158 Å². The van der Waals surface area contributed by atoms with Crippen LogP contribution in [0.1, 0.15) is 27.9 Å². The summed E-state index contributed by atoms with van der Waals surface area (Å²) in [6.07, 6.45) is 0. The summed E-state index contributed by atoms with van der Waals surface area (Å²) >= 11 is 0. The third-order valence-corrected chi connectivity index (χ3v) is 9.19. The molecular formula is C42H26N4O. The summed E-state index contributed by atoms with van der Waals surface area (Å²) in [5.74, 6) is 2.24. The van der Waals surface area contributed by atoms with Crippen LogP contribution >= 0.6 is 0 Å². The van der Waals surface area contributed by atoms with E-state index in [1.807, 2.05) is 54.6 Å². The molecule has 9 rings (SSSR count). The van der Waals surface area contributed by atoms with E-state index in [-0.39, 0.29) is 0 Å². The standard InChI is InChI=1S/C42H26N4O/c43-27-30-26-36(28-12-2-1-3-13-28)45-41(44-30)29-22-24-31(25-23-29)46-37-18-8-4-14-32(37)42(33-15-5-9-19-38(33)46)34-16-6-10-20-39(34)47-40-21-11-7-17-35(40)42/h1-26H. The predicted molar refractivity (Wildman–Crippen MR) is 184 cm³/mol. The highest BCUT2D eigenvalue weighted by Crippen LogP contribution is 2.62. The fraction of sp³-hybridized carbons (Fsp3) is 0.0238. The summed E-state index contributed by atoms with van der Waals surface area (Å²) in [6, 6.07) is 56.3. The fourth-order valence-electron chi connectivity index (χ4n) is 7.25. The smallest absolute Gasteiger partial charge is 0.161 e. The first-order valence-corrected chi connectivity index (χ1v) is 15.6. The van der Waals surface area contributed by atoms with E-state index in [2.05, 4.69) is 113 Å². The number of benzene rings is 6. The second-order valence-electron chi connectivity index (χ2n) is 11.7. The third-order valence-electron chi connectivity index (χ3n) is 9.19. The zero-order valence-corrected chi connectivity index (χ0v) is 25.2. The summed E-state index contributed by atoms with van der Waals surface area (Å²) in [5, 5.41) is 9.75. The summed E-state index contributed by atoms with van der Waals surface area (Å²) in [5.41, 5.74) is 10.1. The molecule has 7 aromatic rings. The van der Waals surface area contributed by atoms with Crippen molar-refractivity contribution in [1.29, 1.82) is 5.26 Å². The van der Waals surface area contributed by atoms with Crippen LogP contribution in [0.3, 0.4) is 0 Å². The molecule has 0 saturated heterocycles. The van der Waals surface area contributed by atoms with E-state index in [9.17, 15) is 5.26 Å². The summed E-state index contributed by atoms with van der Waals surface area (Å²) in [6.45, 7) is 0. The minimum Gasteiger partial charge on any atom is -0.457 e. The SMILES string of the molecule is N#Cc1cc(-c2ccccc2)nc(-c2ccc(N3c4ccccc4C4(c5ccccc5Oc5ccccc54)c4ccccc43)cc2)n1. The van der Waals surface area contributed by atoms with Gasteiger partial charge in [-0.2, -0.15) is 5.26 Å². The van der Waals surface area contributed by atoms with Crippen LogP contribution < -0.4 is 9.64 Å². The minimum absolute atomic E-state index is 0.333. The molecule has 0 saturated carbocycles.